The minimum Gasteiger partial charge on any atom is -0.325 e. The second kappa shape index (κ2) is 6.52. The molecule has 2 rings (SSSR count). The van der Waals surface area contributed by atoms with Crippen LogP contribution in [0.1, 0.15) is 5.56 Å². The number of aromatic nitrogens is 1. The first-order chi connectivity index (χ1) is 10.4. The maximum absolute atomic E-state index is 12.0. The summed E-state index contributed by atoms with van der Waals surface area (Å²) in [5, 5.41) is 13.3. The third-order valence-corrected chi connectivity index (χ3v) is 3.82. The minimum atomic E-state index is -0.619. The molecule has 0 atom stereocenters. The van der Waals surface area contributed by atoms with Gasteiger partial charge < -0.3 is 5.32 Å². The second-order valence-corrected chi connectivity index (χ2v) is 5.48. The zero-order valence-electron chi connectivity index (χ0n) is 11.6. The Balaban J connectivity index is 2.15. The zero-order chi connectivity index (χ0) is 16.3. The Morgan fingerprint density at radius 2 is 2.09 bits per heavy atom. The highest BCUT2D eigenvalue weighted by Gasteiger charge is 2.11. The van der Waals surface area contributed by atoms with Gasteiger partial charge in [0.15, 0.2) is 0 Å². The molecule has 0 aliphatic heterocycles. The van der Waals surface area contributed by atoms with Crippen LogP contribution in [0.15, 0.2) is 45.8 Å². The summed E-state index contributed by atoms with van der Waals surface area (Å²) in [6.07, 6.45) is 1.05. The first-order valence-electron chi connectivity index (χ1n) is 6.27. The SMILES string of the molecule is Cc1cc(NC(=O)Cn2cc([N+](=O)[O-])ccc2=O)ccc1Br. The fourth-order valence-electron chi connectivity index (χ4n) is 1.83. The zero-order valence-corrected chi connectivity index (χ0v) is 13.2. The highest BCUT2D eigenvalue weighted by molar-refractivity contribution is 9.10. The van der Waals surface area contributed by atoms with Gasteiger partial charge in [-0.15, -0.1) is 0 Å². The van der Waals surface area contributed by atoms with Gasteiger partial charge in [0.1, 0.15) is 6.54 Å². The summed E-state index contributed by atoms with van der Waals surface area (Å²) in [6, 6.07) is 7.46. The van der Waals surface area contributed by atoms with Gasteiger partial charge in [-0.1, -0.05) is 15.9 Å². The molecule has 0 bridgehead atoms. The van der Waals surface area contributed by atoms with Crippen LogP contribution in [-0.4, -0.2) is 15.4 Å². The van der Waals surface area contributed by atoms with Crippen molar-refractivity contribution in [2.75, 3.05) is 5.32 Å². The lowest BCUT2D eigenvalue weighted by atomic mass is 10.2. The minimum absolute atomic E-state index is 0.244. The van der Waals surface area contributed by atoms with Gasteiger partial charge in [0, 0.05) is 22.3 Å². The van der Waals surface area contributed by atoms with Gasteiger partial charge in [0.25, 0.3) is 11.2 Å². The average Bonchev–Trinajstić information content (AvgIpc) is 2.45. The Kier molecular flexibility index (Phi) is 4.71. The largest absolute Gasteiger partial charge is 0.325 e. The predicted molar refractivity (Wildman–Crippen MR) is 84.9 cm³/mol. The lowest BCUT2D eigenvalue weighted by Gasteiger charge is -2.08. The van der Waals surface area contributed by atoms with Gasteiger partial charge >= 0.3 is 0 Å². The lowest BCUT2D eigenvalue weighted by molar-refractivity contribution is -0.385. The van der Waals surface area contributed by atoms with Crippen LogP contribution in [-0.2, 0) is 11.3 Å². The number of hydrogen-bond acceptors (Lipinski definition) is 4. The molecule has 0 unspecified atom stereocenters. The van der Waals surface area contributed by atoms with Crippen molar-refractivity contribution >= 4 is 33.2 Å². The normalized spacial score (nSPS) is 10.3. The number of benzene rings is 1. The van der Waals surface area contributed by atoms with Gasteiger partial charge in [-0.05, 0) is 30.7 Å². The van der Waals surface area contributed by atoms with Gasteiger partial charge in [-0.3, -0.25) is 24.3 Å². The van der Waals surface area contributed by atoms with E-state index in [9.17, 15) is 19.7 Å². The fourth-order valence-corrected chi connectivity index (χ4v) is 2.07. The van der Waals surface area contributed by atoms with Crippen molar-refractivity contribution in [1.29, 1.82) is 0 Å². The standard InChI is InChI=1S/C14H12BrN3O4/c1-9-6-10(2-4-12(9)15)16-13(19)8-17-7-11(18(21)22)3-5-14(17)20/h2-7H,8H2,1H3,(H,16,19). The van der Waals surface area contributed by atoms with E-state index in [4.69, 9.17) is 0 Å². The van der Waals surface area contributed by atoms with Crippen molar-refractivity contribution in [3.63, 3.8) is 0 Å². The van der Waals surface area contributed by atoms with Crippen molar-refractivity contribution in [2.45, 2.75) is 13.5 Å². The van der Waals surface area contributed by atoms with E-state index in [1.165, 1.54) is 0 Å². The Morgan fingerprint density at radius 1 is 1.36 bits per heavy atom. The number of nitrogens with zero attached hydrogens (tertiary/aromatic N) is 2. The number of hydrogen-bond donors (Lipinski definition) is 1. The first-order valence-corrected chi connectivity index (χ1v) is 7.07. The van der Waals surface area contributed by atoms with E-state index in [0.717, 1.165) is 32.9 Å². The third-order valence-electron chi connectivity index (χ3n) is 2.93. The van der Waals surface area contributed by atoms with Gasteiger partial charge in [-0.25, -0.2) is 0 Å². The maximum Gasteiger partial charge on any atom is 0.285 e. The van der Waals surface area contributed by atoms with Crippen LogP contribution in [0, 0.1) is 17.0 Å². The van der Waals surface area contributed by atoms with Gasteiger partial charge in [0.2, 0.25) is 5.91 Å². The molecule has 0 radical (unpaired) electrons. The molecule has 114 valence electrons. The van der Waals surface area contributed by atoms with E-state index in [1.807, 2.05) is 6.92 Å². The number of amides is 1. The first kappa shape index (κ1) is 15.9. The van der Waals surface area contributed by atoms with Crippen molar-refractivity contribution in [2.24, 2.45) is 0 Å². The van der Waals surface area contributed by atoms with Crippen LogP contribution < -0.4 is 10.9 Å². The van der Waals surface area contributed by atoms with Crippen LogP contribution >= 0.6 is 15.9 Å². The second-order valence-electron chi connectivity index (χ2n) is 4.62. The average molecular weight is 366 g/mol. The molecule has 1 aromatic carbocycles. The number of carbonyl (C=O) groups excluding carboxylic acids is 1. The molecule has 2 aromatic rings. The molecule has 0 spiro atoms. The molecular weight excluding hydrogens is 354 g/mol. The number of carbonyl (C=O) groups is 1. The van der Waals surface area contributed by atoms with Crippen LogP contribution in [0.5, 0.6) is 0 Å². The van der Waals surface area contributed by atoms with Gasteiger partial charge in [-0.2, -0.15) is 0 Å². The number of aryl methyl sites for hydroxylation is 1. The summed E-state index contributed by atoms with van der Waals surface area (Å²) in [6.45, 7) is 1.58. The topological polar surface area (TPSA) is 94.2 Å². The molecule has 0 fully saturated rings. The quantitative estimate of drug-likeness (QED) is 0.664. The Hall–Kier alpha value is -2.48. The Bertz CT molecular complexity index is 801. The van der Waals surface area contributed by atoms with E-state index in [0.29, 0.717) is 5.69 Å². The number of nitrogens with one attached hydrogen (secondary N) is 1. The fraction of sp³-hybridized carbons (Fsp3) is 0.143. The molecule has 22 heavy (non-hydrogen) atoms. The number of pyridine rings is 1. The van der Waals surface area contributed by atoms with Crippen molar-refractivity contribution < 1.29 is 9.72 Å². The van der Waals surface area contributed by atoms with E-state index in [1.54, 1.807) is 18.2 Å². The van der Waals surface area contributed by atoms with Crippen LogP contribution in [0.25, 0.3) is 0 Å². The predicted octanol–water partition coefficient (Wildman–Crippen LogP) is 2.47. The Morgan fingerprint density at radius 3 is 2.73 bits per heavy atom. The van der Waals surface area contributed by atoms with E-state index >= 15 is 0 Å². The molecule has 7 nitrogen and oxygen atoms in total. The third kappa shape index (κ3) is 3.79. The Labute approximate surface area is 133 Å². The number of halogens is 1. The van der Waals surface area contributed by atoms with Crippen LogP contribution in [0.4, 0.5) is 11.4 Å². The summed E-state index contributed by atoms with van der Waals surface area (Å²) in [5.41, 5.74) is 0.814. The molecule has 0 aliphatic rings. The van der Waals surface area contributed by atoms with E-state index in [2.05, 4.69) is 21.2 Å². The molecule has 0 aliphatic carbocycles. The summed E-state index contributed by atoms with van der Waals surface area (Å²) in [7, 11) is 0. The lowest BCUT2D eigenvalue weighted by Crippen LogP contribution is -2.27. The smallest absolute Gasteiger partial charge is 0.285 e. The molecular formula is C14H12BrN3O4. The van der Waals surface area contributed by atoms with E-state index in [-0.39, 0.29) is 12.2 Å². The van der Waals surface area contributed by atoms with Crippen molar-refractivity contribution in [3.8, 4) is 0 Å². The summed E-state index contributed by atoms with van der Waals surface area (Å²) in [4.78, 5) is 33.7. The summed E-state index contributed by atoms with van der Waals surface area (Å²) >= 11 is 3.36. The number of nitro groups is 1. The van der Waals surface area contributed by atoms with Crippen molar-refractivity contribution in [3.05, 3.63) is 67.0 Å². The number of anilines is 1. The van der Waals surface area contributed by atoms with Crippen LogP contribution in [0.3, 0.4) is 0 Å². The monoisotopic (exact) mass is 365 g/mol. The van der Waals surface area contributed by atoms with Crippen molar-refractivity contribution in [1.82, 2.24) is 4.57 Å². The molecule has 1 heterocycles. The maximum atomic E-state index is 12.0. The molecule has 8 heteroatoms. The molecule has 0 saturated carbocycles. The summed E-state index contributed by atoms with van der Waals surface area (Å²) in [5.74, 6) is -0.440. The number of rotatable bonds is 4. The van der Waals surface area contributed by atoms with Gasteiger partial charge in [0.05, 0.1) is 11.1 Å². The molecule has 1 aromatic heterocycles. The molecule has 1 amide bonds. The molecule has 0 saturated heterocycles. The van der Waals surface area contributed by atoms with Crippen LogP contribution in [0.2, 0.25) is 0 Å². The highest BCUT2D eigenvalue weighted by Crippen LogP contribution is 2.20. The van der Waals surface area contributed by atoms with E-state index < -0.39 is 16.4 Å². The molecule has 1 N–H and O–H groups in total. The highest BCUT2D eigenvalue weighted by atomic mass is 79.9. The summed E-state index contributed by atoms with van der Waals surface area (Å²) < 4.78 is 1.92.